The number of carbonyl (C=O) groups is 2. The summed E-state index contributed by atoms with van der Waals surface area (Å²) in [5, 5.41) is 3.35. The maximum atomic E-state index is 13.4. The van der Waals surface area contributed by atoms with E-state index in [1.54, 1.807) is 0 Å². The number of piperidine rings is 1. The van der Waals surface area contributed by atoms with Gasteiger partial charge in [0.1, 0.15) is 13.1 Å². The van der Waals surface area contributed by atoms with Gasteiger partial charge in [-0.3, -0.25) is 4.79 Å². The van der Waals surface area contributed by atoms with Gasteiger partial charge in [0.05, 0.1) is 19.0 Å². The molecule has 34 heavy (non-hydrogen) atoms. The molecule has 3 unspecified atom stereocenters. The Labute approximate surface area is 201 Å². The SMILES string of the molecule is Cc1ccccc1C(=O)C[N+]12CCC(C1)[C@@H](OC(=O)C(Nc1ccccc1)c1ccccc1)C2. The fourth-order valence-electron chi connectivity index (χ4n) is 5.58. The average Bonchev–Trinajstić information content (AvgIpc) is 3.41. The molecule has 5 nitrogen and oxygen atoms in total. The molecule has 2 aliphatic heterocycles. The number of rotatable bonds is 8. The van der Waals surface area contributed by atoms with Gasteiger partial charge in [-0.1, -0.05) is 72.8 Å². The zero-order valence-corrected chi connectivity index (χ0v) is 19.5. The van der Waals surface area contributed by atoms with Crippen LogP contribution in [0.25, 0.3) is 0 Å². The Balaban J connectivity index is 1.29. The second-order valence-electron chi connectivity index (χ2n) is 9.70. The fourth-order valence-corrected chi connectivity index (χ4v) is 5.58. The van der Waals surface area contributed by atoms with E-state index in [2.05, 4.69) is 5.32 Å². The highest BCUT2D eigenvalue weighted by Crippen LogP contribution is 2.38. The lowest BCUT2D eigenvalue weighted by Gasteiger charge is -2.33. The van der Waals surface area contributed by atoms with E-state index in [0.717, 1.165) is 46.4 Å². The van der Waals surface area contributed by atoms with E-state index in [1.165, 1.54) is 0 Å². The molecule has 0 aliphatic carbocycles. The van der Waals surface area contributed by atoms with Crippen LogP contribution < -0.4 is 5.32 Å². The third-order valence-corrected chi connectivity index (χ3v) is 7.33. The summed E-state index contributed by atoms with van der Waals surface area (Å²) in [6.45, 7) is 5.04. The second kappa shape index (κ2) is 9.43. The van der Waals surface area contributed by atoms with Gasteiger partial charge in [-0.2, -0.15) is 0 Å². The minimum Gasteiger partial charge on any atom is -0.454 e. The largest absolute Gasteiger partial charge is 0.454 e. The van der Waals surface area contributed by atoms with Gasteiger partial charge in [0.25, 0.3) is 0 Å². The number of fused-ring (bicyclic) bond motifs is 2. The molecule has 3 aromatic carbocycles. The third-order valence-electron chi connectivity index (χ3n) is 7.33. The molecule has 2 saturated heterocycles. The number of para-hydroxylation sites is 1. The Morgan fingerprint density at radius 2 is 1.62 bits per heavy atom. The molecule has 2 bridgehead atoms. The maximum Gasteiger partial charge on any atom is 0.333 e. The molecule has 1 N–H and O–H groups in total. The van der Waals surface area contributed by atoms with Crippen molar-refractivity contribution < 1.29 is 18.8 Å². The van der Waals surface area contributed by atoms with Gasteiger partial charge >= 0.3 is 5.97 Å². The fraction of sp³-hybridized carbons (Fsp3) is 0.310. The molecule has 0 radical (unpaired) electrons. The molecule has 0 saturated carbocycles. The normalized spacial score (nSPS) is 23.9. The monoisotopic (exact) mass is 455 g/mol. The van der Waals surface area contributed by atoms with Gasteiger partial charge in [-0.05, 0) is 30.2 Å². The van der Waals surface area contributed by atoms with Crippen molar-refractivity contribution in [3.05, 3.63) is 102 Å². The summed E-state index contributed by atoms with van der Waals surface area (Å²) in [6.07, 6.45) is 0.830. The van der Waals surface area contributed by atoms with Crippen molar-refractivity contribution in [1.82, 2.24) is 0 Å². The van der Waals surface area contributed by atoms with Crippen molar-refractivity contribution in [2.45, 2.75) is 25.5 Å². The summed E-state index contributed by atoms with van der Waals surface area (Å²) >= 11 is 0. The quantitative estimate of drug-likeness (QED) is 0.301. The van der Waals surface area contributed by atoms with Gasteiger partial charge in [0.15, 0.2) is 12.1 Å². The Morgan fingerprint density at radius 1 is 0.941 bits per heavy atom. The van der Waals surface area contributed by atoms with Gasteiger partial charge in [-0.15, -0.1) is 0 Å². The van der Waals surface area contributed by atoms with Gasteiger partial charge in [0, 0.05) is 17.7 Å². The molecule has 0 aromatic heterocycles. The molecular formula is C29H31N2O3+. The first kappa shape index (κ1) is 22.4. The zero-order valence-electron chi connectivity index (χ0n) is 19.5. The van der Waals surface area contributed by atoms with Crippen LogP contribution in [0.15, 0.2) is 84.9 Å². The minimum absolute atomic E-state index is 0.158. The topological polar surface area (TPSA) is 55.4 Å². The number of benzene rings is 3. The Hall–Kier alpha value is -3.44. The third kappa shape index (κ3) is 4.62. The molecule has 3 aromatic rings. The lowest BCUT2D eigenvalue weighted by molar-refractivity contribution is -0.902. The lowest BCUT2D eigenvalue weighted by atomic mass is 10.0. The number of Topliss-reactive ketones (excluding diaryl/α,β-unsaturated/α-hetero) is 1. The molecule has 2 aliphatic rings. The number of quaternary nitrogens is 1. The summed E-state index contributed by atoms with van der Waals surface area (Å²) in [4.78, 5) is 26.5. The van der Waals surface area contributed by atoms with Gasteiger partial charge in [-0.25, -0.2) is 4.79 Å². The summed E-state index contributed by atoms with van der Waals surface area (Å²) in [5.74, 6) is 0.220. The number of nitrogens with one attached hydrogen (secondary N) is 1. The molecule has 2 fully saturated rings. The van der Waals surface area contributed by atoms with Crippen LogP contribution in [0.1, 0.15) is 33.9 Å². The van der Waals surface area contributed by atoms with E-state index < -0.39 is 6.04 Å². The minimum atomic E-state index is -0.584. The highest BCUT2D eigenvalue weighted by molar-refractivity contribution is 5.98. The maximum absolute atomic E-state index is 13.4. The number of ether oxygens (including phenoxy) is 1. The number of nitrogens with zero attached hydrogens (tertiary/aromatic N) is 1. The molecule has 5 rings (SSSR count). The van der Waals surface area contributed by atoms with Crippen LogP contribution in [-0.2, 0) is 9.53 Å². The number of hydrogen-bond acceptors (Lipinski definition) is 4. The molecule has 0 amide bonds. The lowest BCUT2D eigenvalue weighted by Crippen LogP contribution is -2.50. The molecule has 2 heterocycles. The van der Waals surface area contributed by atoms with Crippen molar-refractivity contribution >= 4 is 17.4 Å². The number of anilines is 1. The number of aryl methyl sites for hydroxylation is 1. The molecule has 4 atom stereocenters. The smallest absolute Gasteiger partial charge is 0.333 e. The predicted molar refractivity (Wildman–Crippen MR) is 132 cm³/mol. The van der Waals surface area contributed by atoms with E-state index in [4.69, 9.17) is 4.74 Å². The van der Waals surface area contributed by atoms with Crippen LogP contribution in [0.5, 0.6) is 0 Å². The van der Waals surface area contributed by atoms with E-state index in [-0.39, 0.29) is 17.9 Å². The molecule has 0 spiro atoms. The van der Waals surface area contributed by atoms with E-state index >= 15 is 0 Å². The van der Waals surface area contributed by atoms with Gasteiger partial charge < -0.3 is 14.5 Å². The van der Waals surface area contributed by atoms with Crippen LogP contribution in [0.4, 0.5) is 5.69 Å². The Bertz CT molecular complexity index is 1160. The first-order chi connectivity index (χ1) is 16.5. The van der Waals surface area contributed by atoms with Crippen LogP contribution in [0.2, 0.25) is 0 Å². The highest BCUT2D eigenvalue weighted by Gasteiger charge is 2.54. The summed E-state index contributed by atoms with van der Waals surface area (Å²) in [5.41, 5.74) is 3.56. The standard InChI is InChI=1S/C29H31N2O3/c1-21-10-8-9-15-25(21)26(32)19-31-17-16-23(18-31)27(20-31)34-29(33)28(22-11-4-2-5-12-22)30-24-13-6-3-7-14-24/h2-15,23,27-28,30H,16-20H2,1H3/q+1/t23?,27-,28?,31?/m0/s1. The Kier molecular flexibility index (Phi) is 6.20. The second-order valence-corrected chi connectivity index (χ2v) is 9.70. The summed E-state index contributed by atoms with van der Waals surface area (Å²) in [7, 11) is 0. The van der Waals surface area contributed by atoms with Crippen molar-refractivity contribution in [3.8, 4) is 0 Å². The molecule has 174 valence electrons. The van der Waals surface area contributed by atoms with Crippen LogP contribution in [0, 0.1) is 12.8 Å². The first-order valence-electron chi connectivity index (χ1n) is 12.0. The predicted octanol–water partition coefficient (Wildman–Crippen LogP) is 4.79. The van der Waals surface area contributed by atoms with Crippen LogP contribution in [-0.4, -0.2) is 48.5 Å². The molecular weight excluding hydrogens is 424 g/mol. The molecule has 5 heteroatoms. The summed E-state index contributed by atoms with van der Waals surface area (Å²) < 4.78 is 6.86. The Morgan fingerprint density at radius 3 is 2.35 bits per heavy atom. The van der Waals surface area contributed by atoms with Crippen LogP contribution >= 0.6 is 0 Å². The van der Waals surface area contributed by atoms with E-state index in [0.29, 0.717) is 19.0 Å². The van der Waals surface area contributed by atoms with E-state index in [1.807, 2.05) is 91.9 Å². The number of hydrogen-bond donors (Lipinski definition) is 1. The highest BCUT2D eigenvalue weighted by atomic mass is 16.5. The average molecular weight is 456 g/mol. The van der Waals surface area contributed by atoms with Gasteiger partial charge in [0.2, 0.25) is 5.78 Å². The van der Waals surface area contributed by atoms with Crippen molar-refractivity contribution in [2.75, 3.05) is 31.5 Å². The number of carbonyl (C=O) groups excluding carboxylic acids is 2. The first-order valence-corrected chi connectivity index (χ1v) is 12.0. The van der Waals surface area contributed by atoms with Crippen molar-refractivity contribution in [2.24, 2.45) is 5.92 Å². The zero-order chi connectivity index (χ0) is 23.5. The van der Waals surface area contributed by atoms with Crippen molar-refractivity contribution in [3.63, 3.8) is 0 Å². The van der Waals surface area contributed by atoms with E-state index in [9.17, 15) is 9.59 Å². The van der Waals surface area contributed by atoms with Crippen LogP contribution in [0.3, 0.4) is 0 Å². The number of esters is 1. The summed E-state index contributed by atoms with van der Waals surface area (Å²) in [6, 6.07) is 26.6. The number of ketones is 1. The van der Waals surface area contributed by atoms with Crippen molar-refractivity contribution in [1.29, 1.82) is 0 Å².